The molecule has 2 aromatic rings. The van der Waals surface area contributed by atoms with Crippen molar-refractivity contribution in [2.24, 2.45) is 9.98 Å². The lowest BCUT2D eigenvalue weighted by atomic mass is 10.1. The summed E-state index contributed by atoms with van der Waals surface area (Å²) in [5.74, 6) is 0.857. The fraction of sp³-hybridized carbons (Fsp3) is 0.158. The number of nitrogens with zero attached hydrogens (tertiary/aromatic N) is 3. The summed E-state index contributed by atoms with van der Waals surface area (Å²) in [5.41, 5.74) is 5.84. The first-order valence-electron chi connectivity index (χ1n) is 8.29. The molecule has 0 radical (unpaired) electrons. The second-order valence-corrected chi connectivity index (χ2v) is 8.41. The fourth-order valence-electron chi connectivity index (χ4n) is 3.12. The van der Waals surface area contributed by atoms with E-state index in [1.807, 2.05) is 18.2 Å². The Labute approximate surface area is 165 Å². The number of rotatable bonds is 2. The van der Waals surface area contributed by atoms with Gasteiger partial charge < -0.3 is 10.2 Å². The van der Waals surface area contributed by atoms with E-state index >= 15 is 0 Å². The van der Waals surface area contributed by atoms with Gasteiger partial charge in [0.2, 0.25) is 0 Å². The van der Waals surface area contributed by atoms with Crippen LogP contribution in [0, 0.1) is 0 Å². The van der Waals surface area contributed by atoms with E-state index in [4.69, 9.17) is 16.6 Å². The first kappa shape index (κ1) is 16.3. The Morgan fingerprint density at radius 2 is 2.12 bits per heavy atom. The van der Waals surface area contributed by atoms with E-state index < -0.39 is 0 Å². The van der Waals surface area contributed by atoms with Crippen molar-refractivity contribution >= 4 is 56.8 Å². The maximum Gasteiger partial charge on any atom is 0.173 e. The van der Waals surface area contributed by atoms with Gasteiger partial charge in [0.05, 0.1) is 18.8 Å². The maximum atomic E-state index is 6.15. The number of para-hydroxylation sites is 1. The molecule has 7 heteroatoms. The smallest absolute Gasteiger partial charge is 0.173 e. The SMILES string of the molecule is Clc1ccc2c(c1)CN1C(CSC3=NCc4ccccc4N3)=CSC1=N2. The molecule has 26 heavy (non-hydrogen) atoms. The van der Waals surface area contributed by atoms with E-state index in [1.165, 1.54) is 16.8 Å². The van der Waals surface area contributed by atoms with Crippen molar-refractivity contribution in [3.8, 4) is 0 Å². The topological polar surface area (TPSA) is 40.0 Å². The monoisotopic (exact) mass is 398 g/mol. The molecule has 0 atom stereocenters. The molecule has 0 saturated carbocycles. The number of halogens is 1. The first-order valence-corrected chi connectivity index (χ1v) is 10.5. The standard InChI is InChI=1S/C19H15ClN4S2/c20-14-5-6-17-13(7-14)9-24-15(11-26-19(24)23-17)10-25-18-21-8-12-3-1-2-4-16(12)22-18/h1-7,11H,8-10H2,(H,21,22). The largest absolute Gasteiger partial charge is 0.335 e. The highest BCUT2D eigenvalue weighted by atomic mass is 35.5. The lowest BCUT2D eigenvalue weighted by Gasteiger charge is -2.27. The third-order valence-electron chi connectivity index (χ3n) is 4.47. The second-order valence-electron chi connectivity index (χ2n) is 6.17. The van der Waals surface area contributed by atoms with Gasteiger partial charge in [0.25, 0.3) is 0 Å². The zero-order valence-corrected chi connectivity index (χ0v) is 16.2. The van der Waals surface area contributed by atoms with Gasteiger partial charge in [-0.25, -0.2) is 4.99 Å². The number of anilines is 1. The van der Waals surface area contributed by atoms with Gasteiger partial charge in [-0.1, -0.05) is 53.3 Å². The molecule has 0 saturated heterocycles. The van der Waals surface area contributed by atoms with Crippen LogP contribution in [0.4, 0.5) is 11.4 Å². The van der Waals surface area contributed by atoms with Crippen LogP contribution in [-0.2, 0) is 13.1 Å². The van der Waals surface area contributed by atoms with E-state index in [9.17, 15) is 0 Å². The number of aliphatic imine (C=N–C) groups is 2. The van der Waals surface area contributed by atoms with Crippen LogP contribution in [-0.4, -0.2) is 21.0 Å². The Balaban J connectivity index is 1.28. The van der Waals surface area contributed by atoms with E-state index in [2.05, 4.69) is 44.9 Å². The van der Waals surface area contributed by atoms with Crippen LogP contribution in [0.25, 0.3) is 0 Å². The zero-order valence-electron chi connectivity index (χ0n) is 13.8. The molecular weight excluding hydrogens is 384 g/mol. The van der Waals surface area contributed by atoms with Crippen LogP contribution in [0.5, 0.6) is 0 Å². The maximum absolute atomic E-state index is 6.15. The molecule has 3 aliphatic rings. The minimum Gasteiger partial charge on any atom is -0.335 e. The van der Waals surface area contributed by atoms with Crippen LogP contribution in [0.2, 0.25) is 5.02 Å². The van der Waals surface area contributed by atoms with Gasteiger partial charge in [-0.15, -0.1) is 0 Å². The highest BCUT2D eigenvalue weighted by Gasteiger charge is 2.28. The van der Waals surface area contributed by atoms with Gasteiger partial charge in [-0.2, -0.15) is 0 Å². The summed E-state index contributed by atoms with van der Waals surface area (Å²) < 4.78 is 0. The molecule has 0 aromatic heterocycles. The Kier molecular flexibility index (Phi) is 4.19. The third kappa shape index (κ3) is 3.02. The molecule has 0 spiro atoms. The Bertz CT molecular complexity index is 983. The Morgan fingerprint density at radius 1 is 1.19 bits per heavy atom. The van der Waals surface area contributed by atoms with Crippen LogP contribution >= 0.6 is 35.1 Å². The molecule has 130 valence electrons. The van der Waals surface area contributed by atoms with Gasteiger partial charge in [0.15, 0.2) is 10.3 Å². The summed E-state index contributed by atoms with van der Waals surface area (Å²) in [6, 6.07) is 14.2. The van der Waals surface area contributed by atoms with Crippen LogP contribution in [0.1, 0.15) is 11.1 Å². The van der Waals surface area contributed by atoms with Crippen LogP contribution in [0.3, 0.4) is 0 Å². The average molecular weight is 399 g/mol. The van der Waals surface area contributed by atoms with E-state index in [-0.39, 0.29) is 0 Å². The number of benzene rings is 2. The van der Waals surface area contributed by atoms with Gasteiger partial charge in [0, 0.05) is 22.2 Å². The minimum absolute atomic E-state index is 0.738. The lowest BCUT2D eigenvalue weighted by molar-refractivity contribution is 0.519. The molecule has 3 heterocycles. The summed E-state index contributed by atoms with van der Waals surface area (Å²) in [6.45, 7) is 1.55. The molecule has 3 aliphatic heterocycles. The van der Waals surface area contributed by atoms with Gasteiger partial charge in [0.1, 0.15) is 0 Å². The van der Waals surface area contributed by atoms with Crippen molar-refractivity contribution in [3.05, 3.63) is 69.7 Å². The highest BCUT2D eigenvalue weighted by Crippen LogP contribution is 2.38. The number of thioether (sulfide) groups is 2. The number of amidine groups is 2. The van der Waals surface area contributed by atoms with Crippen LogP contribution in [0.15, 0.2) is 63.6 Å². The number of hydrogen-bond donors (Lipinski definition) is 1. The van der Waals surface area contributed by atoms with E-state index in [0.29, 0.717) is 0 Å². The molecule has 0 aliphatic carbocycles. The quantitative estimate of drug-likeness (QED) is 0.730. The Morgan fingerprint density at radius 3 is 3.08 bits per heavy atom. The number of nitrogens with one attached hydrogen (secondary N) is 1. The van der Waals surface area contributed by atoms with Crippen molar-refractivity contribution in [1.82, 2.24) is 4.90 Å². The normalized spacial score (nSPS) is 17.4. The molecule has 2 aromatic carbocycles. The highest BCUT2D eigenvalue weighted by molar-refractivity contribution is 8.17. The Hall–Kier alpha value is -1.89. The third-order valence-corrected chi connectivity index (χ3v) is 6.57. The predicted molar refractivity (Wildman–Crippen MR) is 113 cm³/mol. The molecule has 4 nitrogen and oxygen atoms in total. The molecule has 0 bridgehead atoms. The van der Waals surface area contributed by atoms with Crippen molar-refractivity contribution < 1.29 is 0 Å². The van der Waals surface area contributed by atoms with Crippen molar-refractivity contribution in [1.29, 1.82) is 0 Å². The summed E-state index contributed by atoms with van der Waals surface area (Å²) in [6.07, 6.45) is 0. The van der Waals surface area contributed by atoms with Crippen molar-refractivity contribution in [2.45, 2.75) is 13.1 Å². The van der Waals surface area contributed by atoms with Gasteiger partial charge >= 0.3 is 0 Å². The van der Waals surface area contributed by atoms with E-state index in [0.717, 1.165) is 45.6 Å². The molecule has 0 unspecified atom stereocenters. The predicted octanol–water partition coefficient (Wildman–Crippen LogP) is 5.45. The first-order chi connectivity index (χ1) is 12.8. The molecule has 0 amide bonds. The number of fused-ring (bicyclic) bond motifs is 3. The lowest BCUT2D eigenvalue weighted by Crippen LogP contribution is -2.27. The summed E-state index contributed by atoms with van der Waals surface area (Å²) in [4.78, 5) is 11.7. The van der Waals surface area contributed by atoms with Gasteiger partial charge in [-0.3, -0.25) is 4.99 Å². The second kappa shape index (κ2) is 6.68. The molecule has 0 fully saturated rings. The van der Waals surface area contributed by atoms with E-state index in [1.54, 1.807) is 23.5 Å². The summed E-state index contributed by atoms with van der Waals surface area (Å²) >= 11 is 9.56. The van der Waals surface area contributed by atoms with Gasteiger partial charge in [-0.05, 0) is 40.8 Å². The summed E-state index contributed by atoms with van der Waals surface area (Å²) in [5, 5.41) is 8.39. The van der Waals surface area contributed by atoms with Crippen LogP contribution < -0.4 is 5.32 Å². The van der Waals surface area contributed by atoms with Crippen molar-refractivity contribution in [3.63, 3.8) is 0 Å². The molecule has 1 N–H and O–H groups in total. The molecular formula is C19H15ClN4S2. The zero-order chi connectivity index (χ0) is 17.5. The fourth-order valence-corrected chi connectivity index (χ4v) is 5.19. The van der Waals surface area contributed by atoms with Crippen molar-refractivity contribution in [2.75, 3.05) is 11.1 Å². The average Bonchev–Trinajstić information content (AvgIpc) is 3.06. The minimum atomic E-state index is 0.738. The summed E-state index contributed by atoms with van der Waals surface area (Å²) in [7, 11) is 0. The molecule has 5 rings (SSSR count). The number of hydrogen-bond acceptors (Lipinski definition) is 6.